The van der Waals surface area contributed by atoms with Gasteiger partial charge in [-0.3, -0.25) is 0 Å². The highest BCUT2D eigenvalue weighted by Crippen LogP contribution is 2.20. The van der Waals surface area contributed by atoms with Gasteiger partial charge in [0.25, 0.3) is 0 Å². The highest BCUT2D eigenvalue weighted by atomic mass is 35.5. The molecule has 1 aliphatic heterocycles. The van der Waals surface area contributed by atoms with E-state index in [4.69, 9.17) is 11.6 Å². The molecule has 1 aromatic rings. The molecule has 88 valence electrons. The van der Waals surface area contributed by atoms with Gasteiger partial charge in [0.05, 0.1) is 0 Å². The summed E-state index contributed by atoms with van der Waals surface area (Å²) in [6.45, 7) is 3.47. The van der Waals surface area contributed by atoms with Crippen molar-refractivity contribution in [1.29, 1.82) is 0 Å². The maximum Gasteiger partial charge on any atom is 0.0406 e. The summed E-state index contributed by atoms with van der Waals surface area (Å²) in [6, 6.07) is 8.89. The van der Waals surface area contributed by atoms with Crippen molar-refractivity contribution in [1.82, 2.24) is 5.32 Å². The van der Waals surface area contributed by atoms with Crippen molar-refractivity contribution < 1.29 is 0 Å². The lowest BCUT2D eigenvalue weighted by Crippen LogP contribution is -2.40. The third kappa shape index (κ3) is 3.23. The van der Waals surface area contributed by atoms with Crippen LogP contribution in [0, 0.1) is 5.92 Å². The van der Waals surface area contributed by atoms with Crippen LogP contribution in [-0.2, 0) is 6.42 Å². The van der Waals surface area contributed by atoms with Gasteiger partial charge in [-0.1, -0.05) is 37.1 Å². The number of hydrogen-bond donors (Lipinski definition) is 1. The van der Waals surface area contributed by atoms with E-state index in [9.17, 15) is 0 Å². The van der Waals surface area contributed by atoms with Crippen LogP contribution in [0.4, 0.5) is 0 Å². The summed E-state index contributed by atoms with van der Waals surface area (Å²) in [6.07, 6.45) is 5.12. The Morgan fingerprint density at radius 3 is 2.56 bits per heavy atom. The predicted molar refractivity (Wildman–Crippen MR) is 70.0 cm³/mol. The number of hydrogen-bond acceptors (Lipinski definition) is 1. The minimum absolute atomic E-state index is 0.656. The standard InChI is InChI=1S/C14H20ClN/c1-2-11-5-8-14(16-10-11)9-12-3-6-13(15)7-4-12/h3-4,6-7,11,14,16H,2,5,8-10H2,1H3/t11-,14-/m1/s1. The fraction of sp³-hybridized carbons (Fsp3) is 0.571. The molecule has 0 aliphatic carbocycles. The molecular formula is C14H20ClN. The van der Waals surface area contributed by atoms with E-state index >= 15 is 0 Å². The summed E-state index contributed by atoms with van der Waals surface area (Å²) in [5.74, 6) is 0.890. The highest BCUT2D eigenvalue weighted by molar-refractivity contribution is 6.30. The van der Waals surface area contributed by atoms with Crippen LogP contribution >= 0.6 is 11.6 Å². The molecule has 1 saturated heterocycles. The highest BCUT2D eigenvalue weighted by Gasteiger charge is 2.19. The van der Waals surface area contributed by atoms with Crippen LogP contribution in [0.25, 0.3) is 0 Å². The van der Waals surface area contributed by atoms with Gasteiger partial charge < -0.3 is 5.32 Å². The lowest BCUT2D eigenvalue weighted by molar-refractivity contribution is 0.303. The van der Waals surface area contributed by atoms with E-state index < -0.39 is 0 Å². The molecule has 16 heavy (non-hydrogen) atoms. The first-order valence-electron chi connectivity index (χ1n) is 6.25. The molecule has 0 spiro atoms. The molecule has 1 N–H and O–H groups in total. The first kappa shape index (κ1) is 11.9. The Balaban J connectivity index is 1.84. The molecule has 0 unspecified atom stereocenters. The third-order valence-corrected chi connectivity index (χ3v) is 3.84. The second kappa shape index (κ2) is 5.70. The minimum atomic E-state index is 0.656. The predicted octanol–water partition coefficient (Wildman–Crippen LogP) is 3.66. The van der Waals surface area contributed by atoms with Crippen molar-refractivity contribution in [2.45, 2.75) is 38.6 Å². The molecule has 2 rings (SSSR count). The third-order valence-electron chi connectivity index (χ3n) is 3.59. The normalized spacial score (nSPS) is 25.6. The summed E-state index contributed by atoms with van der Waals surface area (Å²) in [4.78, 5) is 0. The molecule has 0 bridgehead atoms. The topological polar surface area (TPSA) is 12.0 Å². The van der Waals surface area contributed by atoms with Crippen molar-refractivity contribution in [2.75, 3.05) is 6.54 Å². The Labute approximate surface area is 103 Å². The van der Waals surface area contributed by atoms with Crippen LogP contribution < -0.4 is 5.32 Å². The lowest BCUT2D eigenvalue weighted by atomic mass is 9.90. The van der Waals surface area contributed by atoms with E-state index in [2.05, 4.69) is 24.4 Å². The van der Waals surface area contributed by atoms with E-state index in [-0.39, 0.29) is 0 Å². The van der Waals surface area contributed by atoms with Crippen molar-refractivity contribution in [2.24, 2.45) is 5.92 Å². The van der Waals surface area contributed by atoms with Crippen molar-refractivity contribution in [3.63, 3.8) is 0 Å². The maximum absolute atomic E-state index is 5.88. The second-order valence-corrected chi connectivity index (χ2v) is 5.22. The number of halogens is 1. The van der Waals surface area contributed by atoms with Crippen LogP contribution in [-0.4, -0.2) is 12.6 Å². The summed E-state index contributed by atoms with van der Waals surface area (Å²) < 4.78 is 0. The Hall–Kier alpha value is -0.530. The molecule has 1 aromatic carbocycles. The SMILES string of the molecule is CC[C@@H]1CC[C@H](Cc2ccc(Cl)cc2)NC1. The van der Waals surface area contributed by atoms with Gasteiger partial charge >= 0.3 is 0 Å². The van der Waals surface area contributed by atoms with E-state index in [0.29, 0.717) is 6.04 Å². The summed E-state index contributed by atoms with van der Waals surface area (Å²) >= 11 is 5.88. The van der Waals surface area contributed by atoms with Gasteiger partial charge in [0.2, 0.25) is 0 Å². The van der Waals surface area contributed by atoms with Crippen LogP contribution in [0.15, 0.2) is 24.3 Å². The van der Waals surface area contributed by atoms with Crippen molar-refractivity contribution >= 4 is 11.6 Å². The monoisotopic (exact) mass is 237 g/mol. The molecule has 2 heteroatoms. The first-order valence-corrected chi connectivity index (χ1v) is 6.63. The molecule has 0 saturated carbocycles. The van der Waals surface area contributed by atoms with E-state index in [1.165, 1.54) is 31.4 Å². The molecule has 0 amide bonds. The maximum atomic E-state index is 5.88. The molecule has 1 aliphatic rings. The van der Waals surface area contributed by atoms with Gasteiger partial charge in [-0.15, -0.1) is 0 Å². The Morgan fingerprint density at radius 1 is 1.25 bits per heavy atom. The molecule has 2 atom stereocenters. The largest absolute Gasteiger partial charge is 0.313 e. The van der Waals surface area contributed by atoms with Crippen molar-refractivity contribution in [3.8, 4) is 0 Å². The zero-order valence-corrected chi connectivity index (χ0v) is 10.6. The van der Waals surface area contributed by atoms with Gasteiger partial charge in [-0.05, 0) is 49.4 Å². The van der Waals surface area contributed by atoms with Gasteiger partial charge in [-0.25, -0.2) is 0 Å². The quantitative estimate of drug-likeness (QED) is 0.846. The van der Waals surface area contributed by atoms with Crippen molar-refractivity contribution in [3.05, 3.63) is 34.9 Å². The average Bonchev–Trinajstić information content (AvgIpc) is 2.33. The van der Waals surface area contributed by atoms with Gasteiger partial charge in [0, 0.05) is 11.1 Å². The summed E-state index contributed by atoms with van der Waals surface area (Å²) in [5, 5.41) is 4.48. The van der Waals surface area contributed by atoms with Gasteiger partial charge in [0.15, 0.2) is 0 Å². The first-order chi connectivity index (χ1) is 7.78. The Morgan fingerprint density at radius 2 is 2.00 bits per heavy atom. The summed E-state index contributed by atoms with van der Waals surface area (Å²) in [7, 11) is 0. The smallest absolute Gasteiger partial charge is 0.0406 e. The Kier molecular flexibility index (Phi) is 4.25. The van der Waals surface area contributed by atoms with Crippen LogP contribution in [0.5, 0.6) is 0 Å². The number of piperidine rings is 1. The van der Waals surface area contributed by atoms with Gasteiger partial charge in [0.1, 0.15) is 0 Å². The lowest BCUT2D eigenvalue weighted by Gasteiger charge is -2.29. The fourth-order valence-corrected chi connectivity index (χ4v) is 2.53. The minimum Gasteiger partial charge on any atom is -0.313 e. The number of benzene rings is 1. The second-order valence-electron chi connectivity index (χ2n) is 4.79. The van der Waals surface area contributed by atoms with E-state index in [1.807, 2.05) is 12.1 Å². The van der Waals surface area contributed by atoms with Crippen LogP contribution in [0.2, 0.25) is 5.02 Å². The van der Waals surface area contributed by atoms with Crippen LogP contribution in [0.3, 0.4) is 0 Å². The Bertz CT molecular complexity index is 312. The average molecular weight is 238 g/mol. The number of rotatable bonds is 3. The molecule has 1 heterocycles. The molecule has 1 fully saturated rings. The molecule has 0 aromatic heterocycles. The fourth-order valence-electron chi connectivity index (χ4n) is 2.40. The number of nitrogens with one attached hydrogen (secondary N) is 1. The molecule has 1 nitrogen and oxygen atoms in total. The van der Waals surface area contributed by atoms with E-state index in [0.717, 1.165) is 17.4 Å². The van der Waals surface area contributed by atoms with E-state index in [1.54, 1.807) is 0 Å². The molecular weight excluding hydrogens is 218 g/mol. The summed E-state index contributed by atoms with van der Waals surface area (Å²) in [5.41, 5.74) is 1.39. The molecule has 0 radical (unpaired) electrons. The van der Waals surface area contributed by atoms with Crippen LogP contribution in [0.1, 0.15) is 31.7 Å². The van der Waals surface area contributed by atoms with Gasteiger partial charge in [-0.2, -0.15) is 0 Å². The zero-order valence-electron chi connectivity index (χ0n) is 9.88. The zero-order chi connectivity index (χ0) is 11.4.